The molecular weight excluding hydrogens is 248 g/mol. The van der Waals surface area contributed by atoms with Crippen LogP contribution in [0.25, 0.3) is 0 Å². The molecule has 1 heterocycles. The van der Waals surface area contributed by atoms with Gasteiger partial charge in [-0.2, -0.15) is 5.26 Å². The summed E-state index contributed by atoms with van der Waals surface area (Å²) >= 11 is 5.96. The second-order valence-electron chi connectivity index (χ2n) is 3.94. The standard InChI is InChI=1S/C14H11ClN2O/c1-9-6-11(15)7-10(2)14(9)18-13-5-3-4-12(8-16)17-13/h3-7H,1-2H3. The number of aromatic nitrogens is 1. The Balaban J connectivity index is 2.37. The normalized spacial score (nSPS) is 9.89. The van der Waals surface area contributed by atoms with Gasteiger partial charge >= 0.3 is 0 Å². The van der Waals surface area contributed by atoms with Gasteiger partial charge in [0, 0.05) is 11.1 Å². The van der Waals surface area contributed by atoms with Crippen molar-refractivity contribution in [2.75, 3.05) is 0 Å². The van der Waals surface area contributed by atoms with Gasteiger partial charge in [0.2, 0.25) is 5.88 Å². The van der Waals surface area contributed by atoms with Crippen molar-refractivity contribution in [3.8, 4) is 17.7 Å². The lowest BCUT2D eigenvalue weighted by molar-refractivity contribution is 0.455. The molecule has 0 spiro atoms. The summed E-state index contributed by atoms with van der Waals surface area (Å²) in [7, 11) is 0. The van der Waals surface area contributed by atoms with Gasteiger partial charge < -0.3 is 4.74 Å². The number of pyridine rings is 1. The number of nitrogens with zero attached hydrogens (tertiary/aromatic N) is 2. The highest BCUT2D eigenvalue weighted by atomic mass is 35.5. The van der Waals surface area contributed by atoms with Gasteiger partial charge in [-0.05, 0) is 43.2 Å². The molecule has 0 unspecified atom stereocenters. The minimum atomic E-state index is 0.330. The maximum Gasteiger partial charge on any atom is 0.220 e. The second kappa shape index (κ2) is 5.07. The summed E-state index contributed by atoms with van der Waals surface area (Å²) in [5.41, 5.74) is 2.20. The van der Waals surface area contributed by atoms with E-state index in [1.54, 1.807) is 18.2 Å². The van der Waals surface area contributed by atoms with Crippen molar-refractivity contribution in [2.45, 2.75) is 13.8 Å². The molecular formula is C14H11ClN2O. The average Bonchev–Trinajstić information content (AvgIpc) is 2.34. The van der Waals surface area contributed by atoms with Crippen molar-refractivity contribution in [3.05, 3.63) is 52.2 Å². The lowest BCUT2D eigenvalue weighted by Crippen LogP contribution is -1.94. The van der Waals surface area contributed by atoms with Crippen LogP contribution in [0.15, 0.2) is 30.3 Å². The molecule has 0 fully saturated rings. The summed E-state index contributed by atoms with van der Waals surface area (Å²) in [5, 5.41) is 9.47. The highest BCUT2D eigenvalue weighted by molar-refractivity contribution is 6.30. The van der Waals surface area contributed by atoms with Crippen LogP contribution in [-0.2, 0) is 0 Å². The van der Waals surface area contributed by atoms with Crippen molar-refractivity contribution < 1.29 is 4.74 Å². The van der Waals surface area contributed by atoms with Crippen LogP contribution in [0.5, 0.6) is 11.6 Å². The Bertz CT molecular complexity index is 609. The van der Waals surface area contributed by atoms with Crippen LogP contribution in [0.1, 0.15) is 16.8 Å². The lowest BCUT2D eigenvalue weighted by atomic mass is 10.1. The van der Waals surface area contributed by atoms with Gasteiger partial charge in [0.15, 0.2) is 0 Å². The zero-order valence-corrected chi connectivity index (χ0v) is 10.8. The predicted octanol–water partition coefficient (Wildman–Crippen LogP) is 4.02. The maximum absolute atomic E-state index is 8.79. The zero-order chi connectivity index (χ0) is 13.1. The van der Waals surface area contributed by atoms with Crippen LogP contribution >= 0.6 is 11.6 Å². The molecule has 0 atom stereocenters. The fourth-order valence-corrected chi connectivity index (χ4v) is 2.02. The third kappa shape index (κ3) is 2.61. The van der Waals surface area contributed by atoms with Crippen molar-refractivity contribution >= 4 is 11.6 Å². The molecule has 0 saturated heterocycles. The van der Waals surface area contributed by atoms with E-state index in [9.17, 15) is 0 Å². The van der Waals surface area contributed by atoms with Crippen LogP contribution in [0.3, 0.4) is 0 Å². The van der Waals surface area contributed by atoms with Crippen molar-refractivity contribution in [2.24, 2.45) is 0 Å². The third-order valence-corrected chi connectivity index (χ3v) is 2.69. The van der Waals surface area contributed by atoms with Gasteiger partial charge in [0.1, 0.15) is 17.5 Å². The summed E-state index contributed by atoms with van der Waals surface area (Å²) < 4.78 is 5.72. The third-order valence-electron chi connectivity index (χ3n) is 2.47. The first-order chi connectivity index (χ1) is 8.60. The number of halogens is 1. The van der Waals surface area contributed by atoms with E-state index >= 15 is 0 Å². The lowest BCUT2D eigenvalue weighted by Gasteiger charge is -2.11. The number of rotatable bonds is 2. The molecule has 1 aromatic carbocycles. The summed E-state index contributed by atoms with van der Waals surface area (Å²) in [5.74, 6) is 1.13. The molecule has 0 aliphatic heterocycles. The number of benzene rings is 1. The molecule has 2 aromatic rings. The second-order valence-corrected chi connectivity index (χ2v) is 4.38. The molecule has 4 heteroatoms. The minimum absolute atomic E-state index is 0.330. The van der Waals surface area contributed by atoms with Crippen LogP contribution in [-0.4, -0.2) is 4.98 Å². The van der Waals surface area contributed by atoms with E-state index in [1.165, 1.54) is 0 Å². The molecule has 0 saturated carbocycles. The first kappa shape index (κ1) is 12.4. The number of aryl methyl sites for hydroxylation is 2. The van der Waals surface area contributed by atoms with E-state index in [4.69, 9.17) is 21.6 Å². The van der Waals surface area contributed by atoms with Crippen LogP contribution in [0, 0.1) is 25.2 Å². The Morgan fingerprint density at radius 2 is 1.89 bits per heavy atom. The molecule has 90 valence electrons. The molecule has 0 aliphatic carbocycles. The monoisotopic (exact) mass is 258 g/mol. The van der Waals surface area contributed by atoms with E-state index in [0.29, 0.717) is 16.6 Å². The van der Waals surface area contributed by atoms with E-state index in [2.05, 4.69) is 4.98 Å². The zero-order valence-electron chi connectivity index (χ0n) is 10.1. The molecule has 0 bridgehead atoms. The van der Waals surface area contributed by atoms with Crippen molar-refractivity contribution in [1.29, 1.82) is 5.26 Å². The molecule has 0 N–H and O–H groups in total. The summed E-state index contributed by atoms with van der Waals surface area (Å²) in [4.78, 5) is 4.07. The number of hydrogen-bond donors (Lipinski definition) is 0. The fraction of sp³-hybridized carbons (Fsp3) is 0.143. The average molecular weight is 259 g/mol. The van der Waals surface area contributed by atoms with Gasteiger partial charge in [-0.25, -0.2) is 4.98 Å². The molecule has 0 amide bonds. The Labute approximate surface area is 111 Å². The number of nitriles is 1. The van der Waals surface area contributed by atoms with Gasteiger partial charge in [-0.1, -0.05) is 17.7 Å². The van der Waals surface area contributed by atoms with Crippen molar-refractivity contribution in [3.63, 3.8) is 0 Å². The topological polar surface area (TPSA) is 45.9 Å². The minimum Gasteiger partial charge on any atom is -0.438 e. The largest absolute Gasteiger partial charge is 0.438 e. The first-order valence-corrected chi connectivity index (χ1v) is 5.79. The first-order valence-electron chi connectivity index (χ1n) is 5.42. The summed E-state index contributed by atoms with van der Waals surface area (Å²) in [6.07, 6.45) is 0. The Hall–Kier alpha value is -2.05. The molecule has 0 aliphatic rings. The van der Waals surface area contributed by atoms with E-state index in [-0.39, 0.29) is 0 Å². The molecule has 1 aromatic heterocycles. The SMILES string of the molecule is Cc1cc(Cl)cc(C)c1Oc1cccc(C#N)n1. The molecule has 0 radical (unpaired) electrons. The Morgan fingerprint density at radius 1 is 1.22 bits per heavy atom. The predicted molar refractivity (Wildman–Crippen MR) is 70.0 cm³/mol. The molecule has 3 nitrogen and oxygen atoms in total. The Morgan fingerprint density at radius 3 is 2.50 bits per heavy atom. The van der Waals surface area contributed by atoms with Gasteiger partial charge in [-0.3, -0.25) is 0 Å². The Kier molecular flexibility index (Phi) is 3.50. The highest BCUT2D eigenvalue weighted by Gasteiger charge is 2.08. The molecule has 2 rings (SSSR count). The van der Waals surface area contributed by atoms with E-state index in [1.807, 2.05) is 32.0 Å². The van der Waals surface area contributed by atoms with Gasteiger partial charge in [0.05, 0.1) is 0 Å². The molecule has 18 heavy (non-hydrogen) atoms. The van der Waals surface area contributed by atoms with Crippen LogP contribution in [0.2, 0.25) is 5.02 Å². The smallest absolute Gasteiger partial charge is 0.220 e. The highest BCUT2D eigenvalue weighted by Crippen LogP contribution is 2.30. The number of hydrogen-bond acceptors (Lipinski definition) is 3. The number of ether oxygens (including phenoxy) is 1. The van der Waals surface area contributed by atoms with Crippen LogP contribution < -0.4 is 4.74 Å². The van der Waals surface area contributed by atoms with Crippen molar-refractivity contribution in [1.82, 2.24) is 4.98 Å². The van der Waals surface area contributed by atoms with E-state index in [0.717, 1.165) is 16.9 Å². The summed E-state index contributed by atoms with van der Waals surface area (Å²) in [6.45, 7) is 3.84. The van der Waals surface area contributed by atoms with E-state index < -0.39 is 0 Å². The van der Waals surface area contributed by atoms with Gasteiger partial charge in [-0.15, -0.1) is 0 Å². The van der Waals surface area contributed by atoms with Crippen LogP contribution in [0.4, 0.5) is 0 Å². The quantitative estimate of drug-likeness (QED) is 0.817. The van der Waals surface area contributed by atoms with Gasteiger partial charge in [0.25, 0.3) is 0 Å². The fourth-order valence-electron chi connectivity index (χ4n) is 1.70. The summed E-state index contributed by atoms with van der Waals surface area (Å²) in [6, 6.07) is 10.7. The maximum atomic E-state index is 8.79.